The van der Waals surface area contributed by atoms with Crippen molar-refractivity contribution in [2.75, 3.05) is 32.3 Å². The lowest BCUT2D eigenvalue weighted by Gasteiger charge is -2.25. The Morgan fingerprint density at radius 2 is 2.25 bits per heavy atom. The molecule has 20 heavy (non-hydrogen) atoms. The number of benzene rings is 1. The van der Waals surface area contributed by atoms with E-state index in [-0.39, 0.29) is 17.3 Å². The van der Waals surface area contributed by atoms with Gasteiger partial charge >= 0.3 is 0 Å². The molecule has 2 heterocycles. The van der Waals surface area contributed by atoms with Gasteiger partial charge in [0.1, 0.15) is 17.7 Å². The van der Waals surface area contributed by atoms with Crippen LogP contribution in [0.15, 0.2) is 18.5 Å². The number of ether oxygens (including phenoxy) is 2. The third-order valence-electron chi connectivity index (χ3n) is 3.70. The minimum Gasteiger partial charge on any atom is -0.494 e. The molecule has 1 fully saturated rings. The molecule has 1 aromatic heterocycles. The fourth-order valence-corrected chi connectivity index (χ4v) is 2.50. The van der Waals surface area contributed by atoms with Crippen LogP contribution in [0.2, 0.25) is 0 Å². The highest BCUT2D eigenvalue weighted by molar-refractivity contribution is 5.90. The van der Waals surface area contributed by atoms with Gasteiger partial charge in [-0.1, -0.05) is 0 Å². The van der Waals surface area contributed by atoms with Gasteiger partial charge in [-0.25, -0.2) is 14.4 Å². The lowest BCUT2D eigenvalue weighted by molar-refractivity contribution is 0.193. The molecule has 3 rings (SSSR count). The molecule has 5 nitrogen and oxygen atoms in total. The van der Waals surface area contributed by atoms with Gasteiger partial charge in [0.15, 0.2) is 11.6 Å². The van der Waals surface area contributed by atoms with Gasteiger partial charge in [0.25, 0.3) is 0 Å². The molecule has 1 aliphatic rings. The van der Waals surface area contributed by atoms with Gasteiger partial charge in [-0.15, -0.1) is 0 Å². The van der Waals surface area contributed by atoms with Crippen molar-refractivity contribution in [3.05, 3.63) is 24.3 Å². The van der Waals surface area contributed by atoms with E-state index in [1.165, 1.54) is 13.4 Å². The summed E-state index contributed by atoms with van der Waals surface area (Å²) in [5.41, 5.74) is 0.278. The van der Waals surface area contributed by atoms with E-state index in [4.69, 9.17) is 9.47 Å². The van der Waals surface area contributed by atoms with Gasteiger partial charge in [0, 0.05) is 19.0 Å². The molecule has 0 spiro atoms. The predicted octanol–water partition coefficient (Wildman–Crippen LogP) is 2.00. The van der Waals surface area contributed by atoms with Crippen LogP contribution in [-0.4, -0.2) is 43.4 Å². The van der Waals surface area contributed by atoms with Crippen LogP contribution in [0.25, 0.3) is 10.9 Å². The van der Waals surface area contributed by atoms with Gasteiger partial charge in [-0.05, 0) is 18.6 Å². The van der Waals surface area contributed by atoms with E-state index >= 15 is 0 Å². The number of hydrogen-bond acceptors (Lipinski definition) is 5. The van der Waals surface area contributed by atoms with E-state index in [2.05, 4.69) is 9.97 Å². The van der Waals surface area contributed by atoms with Crippen LogP contribution in [0.1, 0.15) is 6.42 Å². The summed E-state index contributed by atoms with van der Waals surface area (Å²) < 4.78 is 24.6. The number of nitrogens with zero attached hydrogens (tertiary/aromatic N) is 3. The van der Waals surface area contributed by atoms with E-state index in [0.717, 1.165) is 13.0 Å². The minimum absolute atomic E-state index is 0.189. The summed E-state index contributed by atoms with van der Waals surface area (Å²) in [5, 5.41) is 0.681. The Labute approximate surface area is 116 Å². The van der Waals surface area contributed by atoms with E-state index in [9.17, 15) is 4.39 Å². The van der Waals surface area contributed by atoms with Gasteiger partial charge in [0.2, 0.25) is 0 Å². The molecule has 0 amide bonds. The zero-order valence-electron chi connectivity index (χ0n) is 11.5. The highest BCUT2D eigenvalue weighted by atomic mass is 19.1. The Bertz CT molecular complexity index is 629. The van der Waals surface area contributed by atoms with Crippen LogP contribution in [0.3, 0.4) is 0 Å². The Morgan fingerprint density at radius 1 is 1.40 bits per heavy atom. The molecule has 0 bridgehead atoms. The fourth-order valence-electron chi connectivity index (χ4n) is 2.50. The highest BCUT2D eigenvalue weighted by Gasteiger charge is 2.23. The van der Waals surface area contributed by atoms with Crippen molar-refractivity contribution in [3.63, 3.8) is 0 Å². The summed E-state index contributed by atoms with van der Waals surface area (Å²) in [7, 11) is 3.39. The Kier molecular flexibility index (Phi) is 3.40. The molecule has 1 saturated heterocycles. The number of halogens is 1. The molecule has 2 aromatic rings. The summed E-state index contributed by atoms with van der Waals surface area (Å²) in [6.07, 6.45) is 2.33. The molecule has 1 aromatic carbocycles. The van der Waals surface area contributed by atoms with Crippen molar-refractivity contribution in [3.8, 4) is 5.75 Å². The maximum atomic E-state index is 14.2. The first-order chi connectivity index (χ1) is 9.72. The van der Waals surface area contributed by atoms with Crippen molar-refractivity contribution in [2.24, 2.45) is 0 Å². The lowest BCUT2D eigenvalue weighted by atomic mass is 10.1. The zero-order chi connectivity index (χ0) is 14.1. The van der Waals surface area contributed by atoms with Gasteiger partial charge < -0.3 is 14.4 Å². The first kappa shape index (κ1) is 13.1. The van der Waals surface area contributed by atoms with Crippen LogP contribution in [0, 0.1) is 5.82 Å². The molecule has 1 aliphatic heterocycles. The number of aromatic nitrogens is 2. The van der Waals surface area contributed by atoms with E-state index in [1.54, 1.807) is 12.1 Å². The molecule has 0 N–H and O–H groups in total. The molecule has 0 aliphatic carbocycles. The monoisotopic (exact) mass is 277 g/mol. The number of rotatable bonds is 3. The molecule has 1 atom stereocenters. The van der Waals surface area contributed by atoms with Crippen LogP contribution in [0.5, 0.6) is 5.75 Å². The smallest absolute Gasteiger partial charge is 0.191 e. The maximum absolute atomic E-state index is 14.2. The van der Waals surface area contributed by atoms with Crippen molar-refractivity contribution < 1.29 is 13.9 Å². The molecule has 6 heteroatoms. The molecule has 106 valence electrons. The number of methoxy groups -OCH3 is 1. The SMILES string of the molecule is COc1ccc2c(N(C)C3CCOC3)ncnc2c1F. The summed E-state index contributed by atoms with van der Waals surface area (Å²) in [6, 6.07) is 3.65. The molecule has 0 saturated carbocycles. The quantitative estimate of drug-likeness (QED) is 0.858. The largest absolute Gasteiger partial charge is 0.494 e. The summed E-state index contributed by atoms with van der Waals surface area (Å²) in [6.45, 7) is 1.42. The molecular weight excluding hydrogens is 261 g/mol. The number of hydrogen-bond donors (Lipinski definition) is 0. The van der Waals surface area contributed by atoms with Crippen molar-refractivity contribution in [1.82, 2.24) is 9.97 Å². The average molecular weight is 277 g/mol. The Balaban J connectivity index is 2.09. The summed E-state index contributed by atoms with van der Waals surface area (Å²) in [5.74, 6) is 0.450. The molecule has 1 unspecified atom stereocenters. The minimum atomic E-state index is -0.454. The summed E-state index contributed by atoms with van der Waals surface area (Å²) in [4.78, 5) is 10.4. The standard InChI is InChI=1S/C14H16FN3O2/c1-18(9-5-6-20-7-9)14-10-3-4-11(19-2)12(15)13(10)16-8-17-14/h3-4,8-9H,5-7H2,1-2H3. The van der Waals surface area contributed by atoms with Crippen molar-refractivity contribution in [2.45, 2.75) is 12.5 Å². The van der Waals surface area contributed by atoms with Gasteiger partial charge in [0.05, 0.1) is 19.8 Å². The Morgan fingerprint density at radius 3 is 2.95 bits per heavy atom. The Hall–Kier alpha value is -1.95. The van der Waals surface area contributed by atoms with Crippen LogP contribution in [0.4, 0.5) is 10.2 Å². The van der Waals surface area contributed by atoms with Crippen LogP contribution < -0.4 is 9.64 Å². The zero-order valence-corrected chi connectivity index (χ0v) is 11.5. The average Bonchev–Trinajstić information content (AvgIpc) is 3.01. The second-order valence-corrected chi connectivity index (χ2v) is 4.80. The highest BCUT2D eigenvalue weighted by Crippen LogP contribution is 2.30. The molecule has 0 radical (unpaired) electrons. The second-order valence-electron chi connectivity index (χ2n) is 4.80. The topological polar surface area (TPSA) is 47.5 Å². The number of likely N-dealkylation sites (N-methyl/N-ethyl adjacent to an activating group) is 1. The first-order valence-corrected chi connectivity index (χ1v) is 6.50. The fraction of sp³-hybridized carbons (Fsp3) is 0.429. The van der Waals surface area contributed by atoms with Crippen molar-refractivity contribution in [1.29, 1.82) is 0 Å². The number of anilines is 1. The number of fused-ring (bicyclic) bond motifs is 1. The van der Waals surface area contributed by atoms with E-state index < -0.39 is 5.82 Å². The molecular formula is C14H16FN3O2. The predicted molar refractivity (Wildman–Crippen MR) is 73.7 cm³/mol. The lowest BCUT2D eigenvalue weighted by Crippen LogP contribution is -2.32. The maximum Gasteiger partial charge on any atom is 0.191 e. The summed E-state index contributed by atoms with van der Waals surface area (Å²) >= 11 is 0. The third-order valence-corrected chi connectivity index (χ3v) is 3.70. The van der Waals surface area contributed by atoms with E-state index in [1.807, 2.05) is 11.9 Å². The van der Waals surface area contributed by atoms with Gasteiger partial charge in [-0.3, -0.25) is 0 Å². The third kappa shape index (κ3) is 2.06. The van der Waals surface area contributed by atoms with Crippen molar-refractivity contribution >= 4 is 16.7 Å². The van der Waals surface area contributed by atoms with Crippen LogP contribution >= 0.6 is 0 Å². The van der Waals surface area contributed by atoms with E-state index in [0.29, 0.717) is 17.8 Å². The van der Waals surface area contributed by atoms with Crippen LogP contribution in [-0.2, 0) is 4.74 Å². The first-order valence-electron chi connectivity index (χ1n) is 6.50. The second kappa shape index (κ2) is 5.20. The van der Waals surface area contributed by atoms with Gasteiger partial charge in [-0.2, -0.15) is 0 Å². The normalized spacial score (nSPS) is 18.4.